The number of aryl methyl sites for hydroxylation is 1. The molecule has 6 heteroatoms. The number of halogens is 1. The highest BCUT2D eigenvalue weighted by molar-refractivity contribution is 9.09. The summed E-state index contributed by atoms with van der Waals surface area (Å²) in [5.74, 6) is 1.06. The van der Waals surface area contributed by atoms with E-state index < -0.39 is 0 Å². The van der Waals surface area contributed by atoms with Gasteiger partial charge in [0.1, 0.15) is 0 Å². The fourth-order valence-electron chi connectivity index (χ4n) is 1.95. The summed E-state index contributed by atoms with van der Waals surface area (Å²) >= 11 is 3.19. The van der Waals surface area contributed by atoms with Crippen LogP contribution in [0.25, 0.3) is 0 Å². The van der Waals surface area contributed by atoms with Crippen molar-refractivity contribution in [2.75, 3.05) is 31.5 Å². The quantitative estimate of drug-likeness (QED) is 0.782. The summed E-state index contributed by atoms with van der Waals surface area (Å²) in [6.07, 6.45) is 0. The number of carbonyl (C=O) groups is 1. The molecule has 0 unspecified atom stereocenters. The lowest BCUT2D eigenvalue weighted by atomic mass is 10.3. The standard InChI is InChI=1S/C11H16BrN3O2/c1-9-6-10(17-13-9)8-14-2-4-15(5-3-14)11(16)7-12/h6H,2-5,7-8H2,1H3. The van der Waals surface area contributed by atoms with Crippen LogP contribution < -0.4 is 0 Å². The number of rotatable bonds is 3. The van der Waals surface area contributed by atoms with Crippen LogP contribution in [0.4, 0.5) is 0 Å². The third-order valence-corrected chi connectivity index (χ3v) is 3.38. The zero-order valence-corrected chi connectivity index (χ0v) is 11.4. The predicted octanol–water partition coefficient (Wildman–Crippen LogP) is 1.02. The summed E-state index contributed by atoms with van der Waals surface area (Å²) in [5.41, 5.74) is 0.910. The molecule has 0 radical (unpaired) electrons. The molecule has 1 aromatic heterocycles. The molecule has 0 saturated carbocycles. The van der Waals surface area contributed by atoms with Gasteiger partial charge in [0.15, 0.2) is 5.76 Å². The molecule has 2 rings (SSSR count). The van der Waals surface area contributed by atoms with E-state index in [4.69, 9.17) is 4.52 Å². The molecule has 0 aromatic carbocycles. The lowest BCUT2D eigenvalue weighted by Crippen LogP contribution is -2.48. The minimum absolute atomic E-state index is 0.167. The molecule has 1 aromatic rings. The molecule has 0 bridgehead atoms. The third-order valence-electron chi connectivity index (χ3n) is 2.90. The Balaban J connectivity index is 1.81. The average Bonchev–Trinajstić information content (AvgIpc) is 2.75. The molecule has 1 amide bonds. The van der Waals surface area contributed by atoms with Gasteiger partial charge in [-0.1, -0.05) is 21.1 Å². The van der Waals surface area contributed by atoms with Crippen LogP contribution in [0.5, 0.6) is 0 Å². The second kappa shape index (κ2) is 5.64. The van der Waals surface area contributed by atoms with Crippen LogP contribution in [-0.4, -0.2) is 52.4 Å². The monoisotopic (exact) mass is 301 g/mol. The summed E-state index contributed by atoms with van der Waals surface area (Å²) in [4.78, 5) is 15.6. The number of carbonyl (C=O) groups excluding carboxylic acids is 1. The topological polar surface area (TPSA) is 49.6 Å². The molecule has 2 heterocycles. The van der Waals surface area contributed by atoms with Gasteiger partial charge in [0, 0.05) is 32.2 Å². The first-order chi connectivity index (χ1) is 8.19. The Morgan fingerprint density at radius 2 is 2.18 bits per heavy atom. The van der Waals surface area contributed by atoms with Crippen molar-refractivity contribution in [3.8, 4) is 0 Å². The SMILES string of the molecule is Cc1cc(CN2CCN(C(=O)CBr)CC2)on1. The molecule has 17 heavy (non-hydrogen) atoms. The van der Waals surface area contributed by atoms with Crippen molar-refractivity contribution in [2.24, 2.45) is 0 Å². The minimum atomic E-state index is 0.167. The molecule has 1 aliphatic rings. The third kappa shape index (κ3) is 3.29. The van der Waals surface area contributed by atoms with Gasteiger partial charge in [-0.15, -0.1) is 0 Å². The van der Waals surface area contributed by atoms with Gasteiger partial charge < -0.3 is 9.42 Å². The minimum Gasteiger partial charge on any atom is -0.360 e. The number of piperazine rings is 1. The number of hydrogen-bond donors (Lipinski definition) is 0. The van der Waals surface area contributed by atoms with Crippen molar-refractivity contribution in [3.63, 3.8) is 0 Å². The highest BCUT2D eigenvalue weighted by atomic mass is 79.9. The number of nitrogens with zero attached hydrogens (tertiary/aromatic N) is 3. The van der Waals surface area contributed by atoms with Crippen LogP contribution in [0.2, 0.25) is 0 Å². The summed E-state index contributed by atoms with van der Waals surface area (Å²) in [5, 5.41) is 4.28. The van der Waals surface area contributed by atoms with Crippen LogP contribution in [0, 0.1) is 6.92 Å². The first-order valence-electron chi connectivity index (χ1n) is 5.67. The maximum absolute atomic E-state index is 11.5. The van der Waals surface area contributed by atoms with Crippen molar-refractivity contribution in [1.29, 1.82) is 0 Å². The lowest BCUT2D eigenvalue weighted by Gasteiger charge is -2.33. The fraction of sp³-hybridized carbons (Fsp3) is 0.636. The second-order valence-corrected chi connectivity index (χ2v) is 4.79. The number of hydrogen-bond acceptors (Lipinski definition) is 4. The molecule has 0 N–H and O–H groups in total. The van der Waals surface area contributed by atoms with Crippen molar-refractivity contribution in [1.82, 2.24) is 15.0 Å². The summed E-state index contributed by atoms with van der Waals surface area (Å²) in [6, 6.07) is 1.95. The summed E-state index contributed by atoms with van der Waals surface area (Å²) in [7, 11) is 0. The van der Waals surface area contributed by atoms with E-state index in [1.165, 1.54) is 0 Å². The first-order valence-corrected chi connectivity index (χ1v) is 6.79. The predicted molar refractivity (Wildman–Crippen MR) is 66.9 cm³/mol. The van der Waals surface area contributed by atoms with Crippen LogP contribution in [0.15, 0.2) is 10.6 Å². The molecule has 94 valence electrons. The van der Waals surface area contributed by atoms with Crippen LogP contribution in [0.1, 0.15) is 11.5 Å². The van der Waals surface area contributed by atoms with Crippen molar-refractivity contribution in [3.05, 3.63) is 17.5 Å². The normalized spacial score (nSPS) is 17.4. The van der Waals surface area contributed by atoms with Gasteiger partial charge in [-0.2, -0.15) is 0 Å². The molecule has 0 spiro atoms. The molecule has 1 fully saturated rings. The van der Waals surface area contributed by atoms with Gasteiger partial charge in [0.05, 0.1) is 17.6 Å². The molecule has 5 nitrogen and oxygen atoms in total. The van der Waals surface area contributed by atoms with E-state index in [9.17, 15) is 4.79 Å². The van der Waals surface area contributed by atoms with Gasteiger partial charge in [-0.05, 0) is 6.92 Å². The highest BCUT2D eigenvalue weighted by Crippen LogP contribution is 2.10. The average molecular weight is 302 g/mol. The molecular formula is C11H16BrN3O2. The van der Waals surface area contributed by atoms with E-state index >= 15 is 0 Å². The Hall–Kier alpha value is -0.880. The smallest absolute Gasteiger partial charge is 0.233 e. The number of aromatic nitrogens is 1. The Labute approximate surface area is 109 Å². The highest BCUT2D eigenvalue weighted by Gasteiger charge is 2.20. The van der Waals surface area contributed by atoms with E-state index in [1.54, 1.807) is 0 Å². The van der Waals surface area contributed by atoms with E-state index in [1.807, 2.05) is 17.9 Å². The Morgan fingerprint density at radius 1 is 1.47 bits per heavy atom. The van der Waals surface area contributed by atoms with Gasteiger partial charge >= 0.3 is 0 Å². The van der Waals surface area contributed by atoms with E-state index in [2.05, 4.69) is 26.0 Å². The molecule has 0 aliphatic carbocycles. The van der Waals surface area contributed by atoms with E-state index in [-0.39, 0.29) is 5.91 Å². The van der Waals surface area contributed by atoms with Gasteiger partial charge in [0.2, 0.25) is 5.91 Å². The largest absolute Gasteiger partial charge is 0.360 e. The van der Waals surface area contributed by atoms with Crippen molar-refractivity contribution in [2.45, 2.75) is 13.5 Å². The van der Waals surface area contributed by atoms with Gasteiger partial charge in [-0.25, -0.2) is 0 Å². The summed E-state index contributed by atoms with van der Waals surface area (Å²) < 4.78 is 5.18. The maximum atomic E-state index is 11.5. The summed E-state index contributed by atoms with van der Waals surface area (Å²) in [6.45, 7) is 6.04. The first kappa shape index (κ1) is 12.6. The lowest BCUT2D eigenvalue weighted by molar-refractivity contribution is -0.130. The van der Waals surface area contributed by atoms with Crippen LogP contribution in [0.3, 0.4) is 0 Å². The van der Waals surface area contributed by atoms with E-state index in [0.717, 1.165) is 44.2 Å². The van der Waals surface area contributed by atoms with Gasteiger partial charge in [0.25, 0.3) is 0 Å². The number of amides is 1. The number of alkyl halides is 1. The zero-order chi connectivity index (χ0) is 12.3. The van der Waals surface area contributed by atoms with Crippen LogP contribution >= 0.6 is 15.9 Å². The van der Waals surface area contributed by atoms with Crippen LogP contribution in [-0.2, 0) is 11.3 Å². The second-order valence-electron chi connectivity index (χ2n) is 4.23. The van der Waals surface area contributed by atoms with Crippen molar-refractivity contribution < 1.29 is 9.32 Å². The van der Waals surface area contributed by atoms with Crippen molar-refractivity contribution >= 4 is 21.8 Å². The Kier molecular flexibility index (Phi) is 4.17. The molecule has 1 aliphatic heterocycles. The maximum Gasteiger partial charge on any atom is 0.233 e. The molecule has 0 atom stereocenters. The van der Waals surface area contributed by atoms with E-state index in [0.29, 0.717) is 5.33 Å². The molecule has 1 saturated heterocycles. The zero-order valence-electron chi connectivity index (χ0n) is 9.86. The molecular weight excluding hydrogens is 286 g/mol. The fourth-order valence-corrected chi connectivity index (χ4v) is 2.31. The Morgan fingerprint density at radius 3 is 2.71 bits per heavy atom. The Bertz CT molecular complexity index is 386. The van der Waals surface area contributed by atoms with Gasteiger partial charge in [-0.3, -0.25) is 9.69 Å².